The van der Waals surface area contributed by atoms with E-state index in [1.54, 1.807) is 34.4 Å². The van der Waals surface area contributed by atoms with Crippen molar-refractivity contribution in [2.45, 2.75) is 0 Å². The van der Waals surface area contributed by atoms with Crippen LogP contribution in [0.3, 0.4) is 0 Å². The fraction of sp³-hybridized carbons (Fsp3) is 0. The van der Waals surface area contributed by atoms with Gasteiger partial charge in [-0.2, -0.15) is 10.4 Å². The SMILES string of the molecule is N#C/C(=C\c1cn(-c2ccccc2)nc1-c1cccs1)C(=O)Nc1cccc2ncccc12. The summed E-state index contributed by atoms with van der Waals surface area (Å²) in [7, 11) is 0. The molecule has 0 saturated carbocycles. The molecule has 6 nitrogen and oxygen atoms in total. The van der Waals surface area contributed by atoms with Gasteiger partial charge in [0.15, 0.2) is 0 Å². The predicted molar refractivity (Wildman–Crippen MR) is 131 cm³/mol. The Morgan fingerprint density at radius 1 is 1.03 bits per heavy atom. The van der Waals surface area contributed by atoms with Gasteiger partial charge < -0.3 is 5.32 Å². The summed E-state index contributed by atoms with van der Waals surface area (Å²) in [6, 6.07) is 24.8. The Bertz CT molecular complexity index is 1510. The van der Waals surface area contributed by atoms with Gasteiger partial charge >= 0.3 is 0 Å². The first-order valence-electron chi connectivity index (χ1n) is 10.2. The second-order valence-corrected chi connectivity index (χ2v) is 8.14. The number of nitrogens with zero attached hydrogens (tertiary/aromatic N) is 4. The molecule has 158 valence electrons. The first kappa shape index (κ1) is 20.4. The monoisotopic (exact) mass is 447 g/mol. The molecule has 0 atom stereocenters. The molecule has 2 aromatic carbocycles. The lowest BCUT2D eigenvalue weighted by Crippen LogP contribution is -2.13. The number of amides is 1. The summed E-state index contributed by atoms with van der Waals surface area (Å²) < 4.78 is 1.75. The number of para-hydroxylation sites is 1. The zero-order valence-electron chi connectivity index (χ0n) is 17.3. The van der Waals surface area contributed by atoms with E-state index < -0.39 is 5.91 Å². The molecule has 0 bridgehead atoms. The van der Waals surface area contributed by atoms with Crippen LogP contribution in [0.1, 0.15) is 5.56 Å². The molecule has 1 amide bonds. The van der Waals surface area contributed by atoms with Crippen LogP contribution in [0, 0.1) is 11.3 Å². The summed E-state index contributed by atoms with van der Waals surface area (Å²) in [5.41, 5.74) is 3.64. The van der Waals surface area contributed by atoms with E-state index in [0.29, 0.717) is 16.9 Å². The summed E-state index contributed by atoms with van der Waals surface area (Å²) in [5.74, 6) is -0.488. The van der Waals surface area contributed by atoms with Crippen molar-refractivity contribution in [1.29, 1.82) is 5.26 Å². The second-order valence-electron chi connectivity index (χ2n) is 7.19. The number of anilines is 1. The van der Waals surface area contributed by atoms with Crippen LogP contribution in [0.15, 0.2) is 96.1 Å². The number of pyridine rings is 1. The van der Waals surface area contributed by atoms with Gasteiger partial charge in [-0.1, -0.05) is 30.3 Å². The van der Waals surface area contributed by atoms with E-state index in [1.165, 1.54) is 0 Å². The summed E-state index contributed by atoms with van der Waals surface area (Å²) >= 11 is 1.55. The number of rotatable bonds is 5. The molecule has 5 aromatic rings. The molecule has 7 heteroatoms. The molecule has 0 unspecified atom stereocenters. The van der Waals surface area contributed by atoms with Gasteiger partial charge in [0.2, 0.25) is 0 Å². The minimum absolute atomic E-state index is 0.0127. The Hall–Kier alpha value is -4.54. The Morgan fingerprint density at radius 2 is 1.91 bits per heavy atom. The molecule has 5 rings (SSSR count). The number of benzene rings is 2. The summed E-state index contributed by atoms with van der Waals surface area (Å²) in [5, 5.41) is 20.1. The normalized spacial score (nSPS) is 11.3. The van der Waals surface area contributed by atoms with Gasteiger partial charge in [-0.15, -0.1) is 11.3 Å². The van der Waals surface area contributed by atoms with Gasteiger partial charge in [-0.05, 0) is 53.9 Å². The molecular formula is C26H17N5OS. The number of carbonyl (C=O) groups excluding carboxylic acids is 1. The van der Waals surface area contributed by atoms with Crippen molar-refractivity contribution in [2.75, 3.05) is 5.32 Å². The molecule has 1 N–H and O–H groups in total. The minimum Gasteiger partial charge on any atom is -0.321 e. The van der Waals surface area contributed by atoms with E-state index in [0.717, 1.165) is 21.5 Å². The fourth-order valence-electron chi connectivity index (χ4n) is 3.52. The van der Waals surface area contributed by atoms with Crippen LogP contribution in [0.2, 0.25) is 0 Å². The molecule has 0 aliphatic carbocycles. The molecule has 0 aliphatic heterocycles. The molecule has 3 heterocycles. The van der Waals surface area contributed by atoms with Crippen LogP contribution in [-0.2, 0) is 4.79 Å². The van der Waals surface area contributed by atoms with Gasteiger partial charge in [0.05, 0.1) is 21.8 Å². The van der Waals surface area contributed by atoms with Gasteiger partial charge in [0.25, 0.3) is 5.91 Å². The van der Waals surface area contributed by atoms with Crippen LogP contribution < -0.4 is 5.32 Å². The van der Waals surface area contributed by atoms with Crippen molar-refractivity contribution in [3.63, 3.8) is 0 Å². The van der Waals surface area contributed by atoms with Crippen LogP contribution in [0.5, 0.6) is 0 Å². The van der Waals surface area contributed by atoms with Gasteiger partial charge in [-0.25, -0.2) is 4.68 Å². The summed E-state index contributed by atoms with van der Waals surface area (Å²) in [6.45, 7) is 0. The zero-order valence-corrected chi connectivity index (χ0v) is 18.2. The number of carbonyl (C=O) groups is 1. The molecule has 3 aromatic heterocycles. The summed E-state index contributed by atoms with van der Waals surface area (Å²) in [4.78, 5) is 18.3. The first-order valence-corrected chi connectivity index (χ1v) is 11.1. The van der Waals surface area contributed by atoms with E-state index in [2.05, 4.69) is 10.3 Å². The first-order chi connectivity index (χ1) is 16.2. The number of hydrogen-bond acceptors (Lipinski definition) is 5. The topological polar surface area (TPSA) is 83.6 Å². The van der Waals surface area contributed by atoms with Gasteiger partial charge in [0, 0.05) is 23.3 Å². The highest BCUT2D eigenvalue weighted by Crippen LogP contribution is 2.29. The van der Waals surface area contributed by atoms with E-state index in [9.17, 15) is 10.1 Å². The molecule has 0 fully saturated rings. The van der Waals surface area contributed by atoms with Crippen LogP contribution in [0.4, 0.5) is 5.69 Å². The van der Waals surface area contributed by atoms with Crippen molar-refractivity contribution in [3.8, 4) is 22.3 Å². The van der Waals surface area contributed by atoms with Gasteiger partial charge in [0.1, 0.15) is 17.3 Å². The van der Waals surface area contributed by atoms with E-state index in [-0.39, 0.29) is 5.57 Å². The average molecular weight is 448 g/mol. The van der Waals surface area contributed by atoms with Crippen LogP contribution >= 0.6 is 11.3 Å². The Morgan fingerprint density at radius 3 is 2.70 bits per heavy atom. The molecular weight excluding hydrogens is 430 g/mol. The third kappa shape index (κ3) is 4.15. The smallest absolute Gasteiger partial charge is 0.266 e. The predicted octanol–water partition coefficient (Wildman–Crippen LogP) is 5.69. The molecule has 33 heavy (non-hydrogen) atoms. The fourth-order valence-corrected chi connectivity index (χ4v) is 4.25. The van der Waals surface area contributed by atoms with Crippen molar-refractivity contribution in [1.82, 2.24) is 14.8 Å². The van der Waals surface area contributed by atoms with E-state index in [4.69, 9.17) is 5.10 Å². The number of fused-ring (bicyclic) bond motifs is 1. The highest BCUT2D eigenvalue weighted by atomic mass is 32.1. The average Bonchev–Trinajstić information content (AvgIpc) is 3.53. The maximum absolute atomic E-state index is 13.0. The van der Waals surface area contributed by atoms with Crippen LogP contribution in [-0.4, -0.2) is 20.7 Å². The number of nitrogens with one attached hydrogen (secondary N) is 1. The van der Waals surface area contributed by atoms with E-state index >= 15 is 0 Å². The van der Waals surface area contributed by atoms with Crippen molar-refractivity contribution >= 4 is 39.9 Å². The molecule has 0 radical (unpaired) electrons. The number of aromatic nitrogens is 3. The molecule has 0 aliphatic rings. The molecule has 0 saturated heterocycles. The van der Waals surface area contributed by atoms with Gasteiger partial charge in [-0.3, -0.25) is 9.78 Å². The Balaban J connectivity index is 1.53. The zero-order chi connectivity index (χ0) is 22.6. The van der Waals surface area contributed by atoms with Crippen molar-refractivity contribution in [3.05, 3.63) is 102 Å². The Kier molecular flexibility index (Phi) is 5.50. The third-order valence-corrected chi connectivity index (χ3v) is 5.95. The number of hydrogen-bond donors (Lipinski definition) is 1. The standard InChI is InChI=1S/C26H17N5OS/c27-16-18(26(32)29-23-11-4-10-22-21(23)9-5-13-28-22)15-19-17-31(20-7-2-1-3-8-20)30-25(19)24-12-6-14-33-24/h1-15,17H,(H,29,32)/b18-15+. The Labute approximate surface area is 194 Å². The largest absolute Gasteiger partial charge is 0.321 e. The van der Waals surface area contributed by atoms with Crippen molar-refractivity contribution in [2.24, 2.45) is 0 Å². The highest BCUT2D eigenvalue weighted by Gasteiger charge is 2.16. The lowest BCUT2D eigenvalue weighted by molar-refractivity contribution is -0.112. The maximum atomic E-state index is 13.0. The van der Waals surface area contributed by atoms with Crippen molar-refractivity contribution < 1.29 is 4.79 Å². The number of thiophene rings is 1. The second kappa shape index (κ2) is 8.91. The highest BCUT2D eigenvalue weighted by molar-refractivity contribution is 7.13. The van der Waals surface area contributed by atoms with Crippen LogP contribution in [0.25, 0.3) is 33.2 Å². The maximum Gasteiger partial charge on any atom is 0.266 e. The molecule has 0 spiro atoms. The lowest BCUT2D eigenvalue weighted by Gasteiger charge is -2.07. The minimum atomic E-state index is -0.488. The van der Waals surface area contributed by atoms with E-state index in [1.807, 2.05) is 84.4 Å². The lowest BCUT2D eigenvalue weighted by atomic mass is 10.1. The summed E-state index contributed by atoms with van der Waals surface area (Å²) in [6.07, 6.45) is 5.11. The third-order valence-electron chi connectivity index (χ3n) is 5.08. The number of nitriles is 1. The quantitative estimate of drug-likeness (QED) is 0.277.